The second-order valence-electron chi connectivity index (χ2n) is 5.92. The van der Waals surface area contributed by atoms with Crippen molar-refractivity contribution in [2.45, 2.75) is 46.1 Å². The van der Waals surface area contributed by atoms with Gasteiger partial charge in [-0.05, 0) is 25.0 Å². The molecule has 0 atom stereocenters. The van der Waals surface area contributed by atoms with Crippen molar-refractivity contribution < 1.29 is 14.3 Å². The maximum absolute atomic E-state index is 11.4. The fraction of sp³-hybridized carbons (Fsp3) is 0.474. The quantitative estimate of drug-likeness (QED) is 0.825. The minimum Gasteiger partial charge on any atom is -0.491 e. The molecule has 1 aromatic heterocycles. The van der Waals surface area contributed by atoms with E-state index in [1.54, 1.807) is 16.6 Å². The van der Waals surface area contributed by atoms with E-state index in [4.69, 9.17) is 10.5 Å². The van der Waals surface area contributed by atoms with E-state index in [2.05, 4.69) is 10.1 Å². The van der Waals surface area contributed by atoms with Gasteiger partial charge >= 0.3 is 0 Å². The van der Waals surface area contributed by atoms with Crippen molar-refractivity contribution in [3.8, 4) is 5.75 Å². The van der Waals surface area contributed by atoms with Gasteiger partial charge in [-0.15, -0.1) is 5.10 Å². The fourth-order valence-electron chi connectivity index (χ4n) is 2.79. The zero-order chi connectivity index (χ0) is 19.8. The van der Waals surface area contributed by atoms with Crippen molar-refractivity contribution in [3.63, 3.8) is 0 Å². The first-order valence-electron chi connectivity index (χ1n) is 9.28. The fourth-order valence-corrected chi connectivity index (χ4v) is 2.79. The van der Waals surface area contributed by atoms with Gasteiger partial charge in [-0.25, -0.2) is 9.67 Å². The molecule has 0 fully saturated rings. The van der Waals surface area contributed by atoms with Gasteiger partial charge in [0.25, 0.3) is 5.91 Å². The molecule has 0 spiro atoms. The molecule has 0 aliphatic carbocycles. The first-order chi connectivity index (χ1) is 13.1. The van der Waals surface area contributed by atoms with E-state index in [1.807, 2.05) is 38.1 Å². The third kappa shape index (κ3) is 5.06. The highest BCUT2D eigenvalue weighted by Crippen LogP contribution is 2.29. The average molecular weight is 373 g/mol. The van der Waals surface area contributed by atoms with E-state index >= 15 is 0 Å². The Hall–Kier alpha value is -2.90. The van der Waals surface area contributed by atoms with Gasteiger partial charge in [0.05, 0.1) is 18.7 Å². The largest absolute Gasteiger partial charge is 0.491 e. The van der Waals surface area contributed by atoms with Crippen LogP contribution in [0.2, 0.25) is 0 Å². The summed E-state index contributed by atoms with van der Waals surface area (Å²) < 4.78 is 7.19. The number of nitrogens with zero attached hydrogens (tertiary/aromatic N) is 4. The predicted molar refractivity (Wildman–Crippen MR) is 103 cm³/mol. The number of carbonyl (C=O) groups excluding carboxylic acids is 2. The number of fused-ring (bicyclic) bond motifs is 2. The van der Waals surface area contributed by atoms with Crippen molar-refractivity contribution >= 4 is 17.5 Å². The molecule has 2 amide bonds. The number of aromatic nitrogens is 3. The lowest BCUT2D eigenvalue weighted by molar-refractivity contribution is -0.118. The zero-order valence-electron chi connectivity index (χ0n) is 16.1. The number of carbonyl (C=O) groups is 2. The van der Waals surface area contributed by atoms with E-state index in [1.165, 1.54) is 0 Å². The highest BCUT2D eigenvalue weighted by Gasteiger charge is 2.18. The minimum atomic E-state index is -0.545. The molecule has 2 aliphatic rings. The topological polar surface area (TPSA) is 103 Å². The molecule has 0 unspecified atom stereocenters. The van der Waals surface area contributed by atoms with Gasteiger partial charge < -0.3 is 15.4 Å². The lowest BCUT2D eigenvalue weighted by atomic mass is 10.2. The Kier molecular flexibility index (Phi) is 7.34. The first kappa shape index (κ1) is 20.4. The standard InChI is InChI=1S/C10H11NO2.C7H10N4O.C2H6/c1-11-8-4-2-3-5-9(8)13-7-6-10(11)12;8-6(12)7-9-5-3-1-2-4-11(5)10-7;1-2/h2-5H,6-7H2,1H3;1-4H2,(H2,8,12);1-2H3. The summed E-state index contributed by atoms with van der Waals surface area (Å²) >= 11 is 0. The maximum atomic E-state index is 11.4. The second kappa shape index (κ2) is 9.70. The number of nitrogens with two attached hydrogens (primary N) is 1. The van der Waals surface area contributed by atoms with Crippen LogP contribution in [0.3, 0.4) is 0 Å². The Bertz CT molecular complexity index is 764. The molecule has 2 aromatic rings. The van der Waals surface area contributed by atoms with Gasteiger partial charge in [0.15, 0.2) is 0 Å². The molecular formula is C19H27N5O3. The Morgan fingerprint density at radius 3 is 2.63 bits per heavy atom. The summed E-state index contributed by atoms with van der Waals surface area (Å²) in [7, 11) is 1.77. The lowest BCUT2D eigenvalue weighted by Crippen LogP contribution is -2.24. The van der Waals surface area contributed by atoms with Crippen LogP contribution in [0.4, 0.5) is 5.69 Å². The number of para-hydroxylation sites is 2. The van der Waals surface area contributed by atoms with Crippen LogP contribution in [0.5, 0.6) is 5.75 Å². The molecule has 2 N–H and O–H groups in total. The number of hydrogen-bond acceptors (Lipinski definition) is 5. The normalized spacial score (nSPS) is 14.9. The number of rotatable bonds is 1. The van der Waals surface area contributed by atoms with Gasteiger partial charge in [0, 0.05) is 20.0 Å². The summed E-state index contributed by atoms with van der Waals surface area (Å²) in [4.78, 5) is 27.8. The SMILES string of the molecule is CC.CN1C(=O)CCOc2ccccc21.NC(=O)c1nc2n(n1)CCCC2. The summed E-state index contributed by atoms with van der Waals surface area (Å²) in [6.45, 7) is 5.33. The van der Waals surface area contributed by atoms with Gasteiger partial charge in [0.2, 0.25) is 11.7 Å². The summed E-state index contributed by atoms with van der Waals surface area (Å²) in [6, 6.07) is 7.57. The maximum Gasteiger partial charge on any atom is 0.288 e. The van der Waals surface area contributed by atoms with E-state index in [0.717, 1.165) is 43.1 Å². The predicted octanol–water partition coefficient (Wildman–Crippen LogP) is 2.17. The number of ether oxygens (including phenoxy) is 1. The van der Waals surface area contributed by atoms with E-state index < -0.39 is 5.91 Å². The number of primary amides is 1. The van der Waals surface area contributed by atoms with Crippen LogP contribution in [-0.2, 0) is 17.8 Å². The van der Waals surface area contributed by atoms with Crippen LogP contribution >= 0.6 is 0 Å². The summed E-state index contributed by atoms with van der Waals surface area (Å²) in [5.74, 6) is 1.37. The van der Waals surface area contributed by atoms with Crippen molar-refractivity contribution in [1.82, 2.24) is 14.8 Å². The third-order valence-corrected chi connectivity index (χ3v) is 4.16. The molecular weight excluding hydrogens is 346 g/mol. The van der Waals surface area contributed by atoms with Crippen LogP contribution in [0.25, 0.3) is 0 Å². The number of anilines is 1. The zero-order valence-corrected chi connectivity index (χ0v) is 16.1. The smallest absolute Gasteiger partial charge is 0.288 e. The monoisotopic (exact) mass is 373 g/mol. The number of amides is 2. The third-order valence-electron chi connectivity index (χ3n) is 4.16. The van der Waals surface area contributed by atoms with E-state index in [-0.39, 0.29) is 11.7 Å². The summed E-state index contributed by atoms with van der Waals surface area (Å²) in [6.07, 6.45) is 3.58. The highest BCUT2D eigenvalue weighted by atomic mass is 16.5. The Morgan fingerprint density at radius 1 is 1.19 bits per heavy atom. The molecule has 3 heterocycles. The molecule has 0 radical (unpaired) electrons. The molecule has 0 bridgehead atoms. The average Bonchev–Trinajstić information content (AvgIpc) is 3.08. The van der Waals surface area contributed by atoms with Crippen LogP contribution in [0.15, 0.2) is 24.3 Å². The summed E-state index contributed by atoms with van der Waals surface area (Å²) in [5.41, 5.74) is 5.90. The Balaban J connectivity index is 0.000000178. The molecule has 0 saturated carbocycles. The molecule has 8 heteroatoms. The minimum absolute atomic E-state index is 0.102. The molecule has 1 aromatic carbocycles. The van der Waals surface area contributed by atoms with Gasteiger partial charge in [-0.2, -0.15) is 0 Å². The van der Waals surface area contributed by atoms with Crippen molar-refractivity contribution in [2.24, 2.45) is 5.73 Å². The highest BCUT2D eigenvalue weighted by molar-refractivity contribution is 5.95. The molecule has 4 rings (SSSR count). The van der Waals surface area contributed by atoms with Gasteiger partial charge in [-0.1, -0.05) is 26.0 Å². The summed E-state index contributed by atoms with van der Waals surface area (Å²) in [5, 5.41) is 3.98. The van der Waals surface area contributed by atoms with E-state index in [9.17, 15) is 9.59 Å². The van der Waals surface area contributed by atoms with Gasteiger partial charge in [0.1, 0.15) is 11.6 Å². The second-order valence-corrected chi connectivity index (χ2v) is 5.92. The molecule has 2 aliphatic heterocycles. The van der Waals surface area contributed by atoms with Crippen molar-refractivity contribution in [1.29, 1.82) is 0 Å². The Morgan fingerprint density at radius 2 is 1.93 bits per heavy atom. The number of benzene rings is 1. The van der Waals surface area contributed by atoms with Crippen molar-refractivity contribution in [3.05, 3.63) is 35.9 Å². The molecule has 146 valence electrons. The van der Waals surface area contributed by atoms with Crippen LogP contribution < -0.4 is 15.4 Å². The first-order valence-corrected chi connectivity index (χ1v) is 9.28. The lowest BCUT2D eigenvalue weighted by Gasteiger charge is -2.15. The molecule has 8 nitrogen and oxygen atoms in total. The number of aryl methyl sites for hydroxylation is 2. The Labute approximate surface area is 159 Å². The van der Waals surface area contributed by atoms with Crippen LogP contribution in [0, 0.1) is 0 Å². The van der Waals surface area contributed by atoms with Crippen LogP contribution in [-0.4, -0.2) is 40.2 Å². The molecule has 0 saturated heterocycles. The van der Waals surface area contributed by atoms with Crippen LogP contribution in [0.1, 0.15) is 49.6 Å². The van der Waals surface area contributed by atoms with Crippen molar-refractivity contribution in [2.75, 3.05) is 18.6 Å². The van der Waals surface area contributed by atoms with Gasteiger partial charge in [-0.3, -0.25) is 9.59 Å². The van der Waals surface area contributed by atoms with E-state index in [0.29, 0.717) is 13.0 Å². The number of hydrogen-bond donors (Lipinski definition) is 1. The molecule has 27 heavy (non-hydrogen) atoms.